The highest BCUT2D eigenvalue weighted by molar-refractivity contribution is 5.94. The first-order valence-corrected chi connectivity index (χ1v) is 7.17. The average Bonchev–Trinajstić information content (AvgIpc) is 2.37. The summed E-state index contributed by atoms with van der Waals surface area (Å²) in [5.74, 6) is 0.728. The lowest BCUT2D eigenvalue weighted by Gasteiger charge is -2.16. The average molecular weight is 262 g/mol. The standard InChI is InChI=1S/C16H26N2O/c1-5-17-16(19)14-8-10-15(11-9-14)18-13(4)7-6-12(2)3/h8-13,18H,5-7H2,1-4H3,(H,17,19). The monoisotopic (exact) mass is 262 g/mol. The molecule has 1 aromatic rings. The molecule has 0 radical (unpaired) electrons. The van der Waals surface area contributed by atoms with E-state index in [0.717, 1.165) is 18.0 Å². The second-order valence-electron chi connectivity index (χ2n) is 5.45. The van der Waals surface area contributed by atoms with E-state index in [9.17, 15) is 4.79 Å². The van der Waals surface area contributed by atoms with Gasteiger partial charge >= 0.3 is 0 Å². The molecule has 3 nitrogen and oxygen atoms in total. The summed E-state index contributed by atoms with van der Waals surface area (Å²) in [5, 5.41) is 6.26. The number of carbonyl (C=O) groups excluding carboxylic acids is 1. The molecular weight excluding hydrogens is 236 g/mol. The van der Waals surface area contributed by atoms with Gasteiger partial charge in [-0.25, -0.2) is 0 Å². The summed E-state index contributed by atoms with van der Waals surface area (Å²) in [7, 11) is 0. The van der Waals surface area contributed by atoms with E-state index in [-0.39, 0.29) is 5.91 Å². The van der Waals surface area contributed by atoms with E-state index < -0.39 is 0 Å². The van der Waals surface area contributed by atoms with Gasteiger partial charge in [0, 0.05) is 23.8 Å². The summed E-state index contributed by atoms with van der Waals surface area (Å²) >= 11 is 0. The normalized spacial score (nSPS) is 12.3. The number of amides is 1. The van der Waals surface area contributed by atoms with E-state index in [1.165, 1.54) is 6.42 Å². The van der Waals surface area contributed by atoms with Crippen LogP contribution in [0.25, 0.3) is 0 Å². The van der Waals surface area contributed by atoms with Crippen molar-refractivity contribution in [3.8, 4) is 0 Å². The number of hydrogen-bond acceptors (Lipinski definition) is 2. The van der Waals surface area contributed by atoms with Crippen molar-refractivity contribution in [3.63, 3.8) is 0 Å². The Morgan fingerprint density at radius 1 is 1.11 bits per heavy atom. The molecule has 1 aromatic carbocycles. The van der Waals surface area contributed by atoms with Crippen LogP contribution in [0.5, 0.6) is 0 Å². The van der Waals surface area contributed by atoms with Crippen molar-refractivity contribution in [2.75, 3.05) is 11.9 Å². The molecule has 0 heterocycles. The molecule has 106 valence electrons. The fraction of sp³-hybridized carbons (Fsp3) is 0.562. The Bertz CT molecular complexity index is 384. The van der Waals surface area contributed by atoms with Gasteiger partial charge in [0.2, 0.25) is 0 Å². The van der Waals surface area contributed by atoms with Crippen molar-refractivity contribution in [1.82, 2.24) is 5.32 Å². The SMILES string of the molecule is CCNC(=O)c1ccc(NC(C)CCC(C)C)cc1. The molecular formula is C16H26N2O. The first-order chi connectivity index (χ1) is 9.02. The van der Waals surface area contributed by atoms with Gasteiger partial charge in [0.15, 0.2) is 0 Å². The van der Waals surface area contributed by atoms with Crippen LogP contribution in [0, 0.1) is 5.92 Å². The molecule has 1 unspecified atom stereocenters. The predicted molar refractivity (Wildman–Crippen MR) is 81.6 cm³/mol. The Balaban J connectivity index is 2.50. The number of benzene rings is 1. The summed E-state index contributed by atoms with van der Waals surface area (Å²) in [6, 6.07) is 8.12. The summed E-state index contributed by atoms with van der Waals surface area (Å²) in [6.07, 6.45) is 2.39. The van der Waals surface area contributed by atoms with Crippen LogP contribution in [0.1, 0.15) is 50.9 Å². The fourth-order valence-electron chi connectivity index (χ4n) is 1.92. The van der Waals surface area contributed by atoms with E-state index in [1.807, 2.05) is 31.2 Å². The Morgan fingerprint density at radius 2 is 1.74 bits per heavy atom. The van der Waals surface area contributed by atoms with E-state index in [1.54, 1.807) is 0 Å². The van der Waals surface area contributed by atoms with Gasteiger partial charge in [0.25, 0.3) is 5.91 Å². The molecule has 2 N–H and O–H groups in total. The van der Waals surface area contributed by atoms with E-state index in [4.69, 9.17) is 0 Å². The van der Waals surface area contributed by atoms with Gasteiger partial charge in [-0.3, -0.25) is 4.79 Å². The van der Waals surface area contributed by atoms with Crippen LogP contribution in [0.4, 0.5) is 5.69 Å². The fourth-order valence-corrected chi connectivity index (χ4v) is 1.92. The zero-order valence-corrected chi connectivity index (χ0v) is 12.5. The highest BCUT2D eigenvalue weighted by Crippen LogP contribution is 2.14. The molecule has 0 spiro atoms. The number of anilines is 1. The lowest BCUT2D eigenvalue weighted by molar-refractivity contribution is 0.0956. The first-order valence-electron chi connectivity index (χ1n) is 7.17. The maximum atomic E-state index is 11.6. The van der Waals surface area contributed by atoms with Gasteiger partial charge in [-0.1, -0.05) is 13.8 Å². The number of hydrogen-bond donors (Lipinski definition) is 2. The van der Waals surface area contributed by atoms with Crippen LogP contribution in [0.3, 0.4) is 0 Å². The molecule has 0 saturated heterocycles. The lowest BCUT2D eigenvalue weighted by atomic mass is 10.0. The molecule has 1 rings (SSSR count). The van der Waals surface area contributed by atoms with Crippen LogP contribution in [-0.4, -0.2) is 18.5 Å². The quantitative estimate of drug-likeness (QED) is 0.787. The third kappa shape index (κ3) is 5.77. The van der Waals surface area contributed by atoms with Crippen molar-refractivity contribution in [3.05, 3.63) is 29.8 Å². The summed E-state index contributed by atoms with van der Waals surface area (Å²) in [6.45, 7) is 9.26. The van der Waals surface area contributed by atoms with E-state index >= 15 is 0 Å². The highest BCUT2D eigenvalue weighted by atomic mass is 16.1. The molecule has 0 aromatic heterocycles. The minimum Gasteiger partial charge on any atom is -0.383 e. The Labute approximate surface area is 116 Å². The van der Waals surface area contributed by atoms with Gasteiger partial charge in [-0.05, 0) is 56.9 Å². The second kappa shape index (κ2) is 7.82. The summed E-state index contributed by atoms with van der Waals surface area (Å²) < 4.78 is 0. The molecule has 1 atom stereocenters. The van der Waals surface area contributed by atoms with Crippen molar-refractivity contribution in [2.45, 2.75) is 46.6 Å². The van der Waals surface area contributed by atoms with Crippen LogP contribution in [0.2, 0.25) is 0 Å². The molecule has 1 amide bonds. The maximum absolute atomic E-state index is 11.6. The van der Waals surface area contributed by atoms with Gasteiger partial charge in [-0.2, -0.15) is 0 Å². The van der Waals surface area contributed by atoms with Crippen LogP contribution >= 0.6 is 0 Å². The molecule has 0 saturated carbocycles. The first kappa shape index (κ1) is 15.5. The van der Waals surface area contributed by atoms with Gasteiger partial charge < -0.3 is 10.6 Å². The van der Waals surface area contributed by atoms with Crippen molar-refractivity contribution in [1.29, 1.82) is 0 Å². The molecule has 19 heavy (non-hydrogen) atoms. The van der Waals surface area contributed by atoms with Crippen LogP contribution < -0.4 is 10.6 Å². The van der Waals surface area contributed by atoms with Crippen molar-refractivity contribution in [2.24, 2.45) is 5.92 Å². The van der Waals surface area contributed by atoms with Gasteiger partial charge in [0.05, 0.1) is 0 Å². The van der Waals surface area contributed by atoms with Crippen LogP contribution in [0.15, 0.2) is 24.3 Å². The van der Waals surface area contributed by atoms with E-state index in [2.05, 4.69) is 31.4 Å². The smallest absolute Gasteiger partial charge is 0.251 e. The largest absolute Gasteiger partial charge is 0.383 e. The van der Waals surface area contributed by atoms with Gasteiger partial charge in [0.1, 0.15) is 0 Å². The lowest BCUT2D eigenvalue weighted by Crippen LogP contribution is -2.22. The second-order valence-corrected chi connectivity index (χ2v) is 5.45. The van der Waals surface area contributed by atoms with E-state index in [0.29, 0.717) is 18.2 Å². The topological polar surface area (TPSA) is 41.1 Å². The third-order valence-corrected chi connectivity index (χ3v) is 3.07. The third-order valence-electron chi connectivity index (χ3n) is 3.07. The molecule has 0 aliphatic rings. The Hall–Kier alpha value is -1.51. The summed E-state index contributed by atoms with van der Waals surface area (Å²) in [5.41, 5.74) is 1.78. The summed E-state index contributed by atoms with van der Waals surface area (Å²) in [4.78, 5) is 11.6. The number of rotatable bonds is 7. The van der Waals surface area contributed by atoms with Crippen LogP contribution in [-0.2, 0) is 0 Å². The van der Waals surface area contributed by atoms with Gasteiger partial charge in [-0.15, -0.1) is 0 Å². The predicted octanol–water partition coefficient (Wildman–Crippen LogP) is 3.67. The Kier molecular flexibility index (Phi) is 6.40. The van der Waals surface area contributed by atoms with Crippen molar-refractivity contribution >= 4 is 11.6 Å². The maximum Gasteiger partial charge on any atom is 0.251 e. The molecule has 0 aliphatic carbocycles. The minimum absolute atomic E-state index is 0.0121. The number of nitrogens with one attached hydrogen (secondary N) is 2. The number of carbonyl (C=O) groups is 1. The molecule has 3 heteroatoms. The zero-order chi connectivity index (χ0) is 14.3. The Morgan fingerprint density at radius 3 is 2.26 bits per heavy atom. The molecule has 0 aliphatic heterocycles. The molecule has 0 fully saturated rings. The van der Waals surface area contributed by atoms with Crippen molar-refractivity contribution < 1.29 is 4.79 Å². The zero-order valence-electron chi connectivity index (χ0n) is 12.5. The minimum atomic E-state index is -0.0121. The molecule has 0 bridgehead atoms. The highest BCUT2D eigenvalue weighted by Gasteiger charge is 2.06.